The van der Waals surface area contributed by atoms with Crippen LogP contribution < -0.4 is 9.62 Å². The number of anilines is 1. The van der Waals surface area contributed by atoms with Crippen LogP contribution in [0.1, 0.15) is 37.8 Å². The average molecular weight is 625 g/mol. The van der Waals surface area contributed by atoms with Gasteiger partial charge in [0.25, 0.3) is 10.0 Å². The van der Waals surface area contributed by atoms with Gasteiger partial charge in [-0.15, -0.1) is 0 Å². The Labute approximate surface area is 251 Å². The van der Waals surface area contributed by atoms with E-state index in [2.05, 4.69) is 5.32 Å². The summed E-state index contributed by atoms with van der Waals surface area (Å²) in [5.41, 5.74) is 1.58. The highest BCUT2D eigenvalue weighted by atomic mass is 35.5. The van der Waals surface area contributed by atoms with Crippen LogP contribution >= 0.6 is 34.8 Å². The SMILES string of the molecule is CCCCNC(=O)C(C)N(Cc1c(Cl)cccc1Cl)C(=O)CN(c1ccc(Cl)cc1)S(=O)(=O)c1ccc(C)cc1. The largest absolute Gasteiger partial charge is 0.354 e. The van der Waals surface area contributed by atoms with Crippen molar-refractivity contribution in [3.05, 3.63) is 92.9 Å². The third-order valence-electron chi connectivity index (χ3n) is 6.39. The lowest BCUT2D eigenvalue weighted by atomic mass is 10.1. The number of unbranched alkanes of at least 4 members (excludes halogenated alkanes) is 1. The monoisotopic (exact) mass is 623 g/mol. The minimum Gasteiger partial charge on any atom is -0.354 e. The highest BCUT2D eigenvalue weighted by Gasteiger charge is 2.33. The zero-order chi connectivity index (χ0) is 29.4. The van der Waals surface area contributed by atoms with Crippen molar-refractivity contribution in [1.82, 2.24) is 10.2 Å². The van der Waals surface area contributed by atoms with Crippen molar-refractivity contribution in [3.63, 3.8) is 0 Å². The lowest BCUT2D eigenvalue weighted by Gasteiger charge is -2.32. The van der Waals surface area contributed by atoms with Gasteiger partial charge in [0.05, 0.1) is 10.6 Å². The Morgan fingerprint density at radius 1 is 0.925 bits per heavy atom. The summed E-state index contributed by atoms with van der Waals surface area (Å²) < 4.78 is 28.7. The van der Waals surface area contributed by atoms with E-state index in [1.54, 1.807) is 49.4 Å². The first-order valence-corrected chi connectivity index (χ1v) is 15.4. The van der Waals surface area contributed by atoms with Crippen LogP contribution in [0.15, 0.2) is 71.6 Å². The van der Waals surface area contributed by atoms with Crippen molar-refractivity contribution in [3.8, 4) is 0 Å². The Kier molecular flexibility index (Phi) is 11.3. The summed E-state index contributed by atoms with van der Waals surface area (Å²) in [6, 6.07) is 16.5. The van der Waals surface area contributed by atoms with Crippen LogP contribution in [-0.4, -0.2) is 44.3 Å². The normalized spacial score (nSPS) is 12.1. The maximum Gasteiger partial charge on any atom is 0.264 e. The molecule has 0 fully saturated rings. The van der Waals surface area contributed by atoms with Gasteiger partial charge in [-0.25, -0.2) is 8.42 Å². The number of aryl methyl sites for hydroxylation is 1. The Hall–Kier alpha value is -2.78. The van der Waals surface area contributed by atoms with E-state index in [-0.39, 0.29) is 23.0 Å². The van der Waals surface area contributed by atoms with Gasteiger partial charge in [-0.3, -0.25) is 13.9 Å². The van der Waals surface area contributed by atoms with Gasteiger partial charge >= 0.3 is 0 Å². The van der Waals surface area contributed by atoms with E-state index in [1.807, 2.05) is 13.8 Å². The predicted molar refractivity (Wildman–Crippen MR) is 162 cm³/mol. The molecular weight excluding hydrogens is 593 g/mol. The predicted octanol–water partition coefficient (Wildman–Crippen LogP) is 6.48. The summed E-state index contributed by atoms with van der Waals surface area (Å²) in [6.07, 6.45) is 1.67. The fourth-order valence-corrected chi connectivity index (χ4v) is 6.00. The molecule has 0 aromatic heterocycles. The molecule has 0 saturated heterocycles. The van der Waals surface area contributed by atoms with Crippen molar-refractivity contribution in [2.24, 2.45) is 0 Å². The van der Waals surface area contributed by atoms with Gasteiger partial charge in [0, 0.05) is 33.7 Å². The van der Waals surface area contributed by atoms with Crippen molar-refractivity contribution in [2.75, 3.05) is 17.4 Å². The molecule has 0 bridgehead atoms. The average Bonchev–Trinajstić information content (AvgIpc) is 2.92. The number of benzene rings is 3. The molecule has 2 amide bonds. The van der Waals surface area contributed by atoms with Gasteiger partial charge in [-0.2, -0.15) is 0 Å². The number of rotatable bonds is 12. The van der Waals surface area contributed by atoms with E-state index < -0.39 is 28.5 Å². The van der Waals surface area contributed by atoms with Crippen LogP contribution in [0.5, 0.6) is 0 Å². The summed E-state index contributed by atoms with van der Waals surface area (Å²) in [4.78, 5) is 28.3. The molecule has 214 valence electrons. The zero-order valence-corrected chi connectivity index (χ0v) is 25.6. The molecular formula is C29H32Cl3N3O4S. The zero-order valence-electron chi connectivity index (χ0n) is 22.5. The molecule has 3 aromatic rings. The second kappa shape index (κ2) is 14.2. The summed E-state index contributed by atoms with van der Waals surface area (Å²) in [5, 5.41) is 3.90. The molecule has 7 nitrogen and oxygen atoms in total. The second-order valence-electron chi connectivity index (χ2n) is 9.34. The van der Waals surface area contributed by atoms with Crippen LogP contribution in [-0.2, 0) is 26.2 Å². The minimum absolute atomic E-state index is 0.0203. The molecule has 1 atom stereocenters. The molecule has 0 radical (unpaired) electrons. The van der Waals surface area contributed by atoms with Crippen molar-refractivity contribution >= 4 is 62.3 Å². The number of hydrogen-bond acceptors (Lipinski definition) is 4. The van der Waals surface area contributed by atoms with E-state index >= 15 is 0 Å². The third kappa shape index (κ3) is 7.91. The standard InChI is InChI=1S/C29H32Cl3N3O4S/c1-4-5-17-33-29(37)21(3)34(18-25-26(31)7-6-8-27(25)32)28(36)19-35(23-13-11-22(30)12-14-23)40(38,39)24-15-9-20(2)10-16-24/h6-16,21H,4-5,17-19H2,1-3H3,(H,33,37). The van der Waals surface area contributed by atoms with Crippen LogP contribution in [0, 0.1) is 6.92 Å². The van der Waals surface area contributed by atoms with Crippen LogP contribution in [0.4, 0.5) is 5.69 Å². The summed E-state index contributed by atoms with van der Waals surface area (Å²) in [5.74, 6) is -0.982. The molecule has 1 unspecified atom stereocenters. The number of nitrogens with zero attached hydrogens (tertiary/aromatic N) is 2. The van der Waals surface area contributed by atoms with Crippen LogP contribution in [0.3, 0.4) is 0 Å². The first kappa shape index (κ1) is 31.7. The number of carbonyl (C=O) groups is 2. The quantitative estimate of drug-likeness (QED) is 0.234. The lowest BCUT2D eigenvalue weighted by molar-refractivity contribution is -0.139. The second-order valence-corrected chi connectivity index (χ2v) is 12.5. The minimum atomic E-state index is -4.17. The Balaban J connectivity index is 2.03. The molecule has 3 aromatic carbocycles. The topological polar surface area (TPSA) is 86.8 Å². The number of hydrogen-bond donors (Lipinski definition) is 1. The van der Waals surface area contributed by atoms with Gasteiger partial charge in [0.2, 0.25) is 11.8 Å². The molecule has 0 spiro atoms. The maximum atomic E-state index is 14.0. The van der Waals surface area contributed by atoms with Gasteiger partial charge in [0.15, 0.2) is 0 Å². The van der Waals surface area contributed by atoms with Crippen LogP contribution in [0.25, 0.3) is 0 Å². The summed E-state index contributed by atoms with van der Waals surface area (Å²) >= 11 is 18.9. The Bertz CT molecular complexity index is 1410. The molecule has 1 N–H and O–H groups in total. The first-order valence-electron chi connectivity index (χ1n) is 12.8. The molecule has 3 rings (SSSR count). The van der Waals surface area contributed by atoms with Crippen LogP contribution in [0.2, 0.25) is 15.1 Å². The molecule has 0 aliphatic heterocycles. The summed E-state index contributed by atoms with van der Waals surface area (Å²) in [7, 11) is -4.17. The van der Waals surface area contributed by atoms with Gasteiger partial charge < -0.3 is 10.2 Å². The van der Waals surface area contributed by atoms with E-state index in [0.29, 0.717) is 27.2 Å². The number of nitrogens with one attached hydrogen (secondary N) is 1. The van der Waals surface area contributed by atoms with Crippen molar-refractivity contribution in [2.45, 2.75) is 51.1 Å². The fraction of sp³-hybridized carbons (Fsp3) is 0.310. The maximum absolute atomic E-state index is 14.0. The number of carbonyl (C=O) groups excluding carboxylic acids is 2. The molecule has 0 saturated carbocycles. The van der Waals surface area contributed by atoms with E-state index in [4.69, 9.17) is 34.8 Å². The van der Waals surface area contributed by atoms with E-state index in [9.17, 15) is 18.0 Å². The highest BCUT2D eigenvalue weighted by Crippen LogP contribution is 2.29. The lowest BCUT2D eigenvalue weighted by Crippen LogP contribution is -2.51. The Morgan fingerprint density at radius 2 is 1.52 bits per heavy atom. The van der Waals surface area contributed by atoms with Gasteiger partial charge in [-0.1, -0.05) is 71.9 Å². The van der Waals surface area contributed by atoms with Gasteiger partial charge in [0.1, 0.15) is 12.6 Å². The first-order chi connectivity index (χ1) is 18.9. The van der Waals surface area contributed by atoms with Crippen molar-refractivity contribution < 1.29 is 18.0 Å². The smallest absolute Gasteiger partial charge is 0.264 e. The number of sulfonamides is 1. The molecule has 11 heteroatoms. The number of amides is 2. The fourth-order valence-electron chi connectivity index (χ4n) is 3.95. The van der Waals surface area contributed by atoms with E-state index in [0.717, 1.165) is 22.7 Å². The highest BCUT2D eigenvalue weighted by molar-refractivity contribution is 7.92. The van der Waals surface area contributed by atoms with Gasteiger partial charge in [-0.05, 0) is 68.8 Å². The summed E-state index contributed by atoms with van der Waals surface area (Å²) in [6.45, 7) is 5.22. The molecule has 40 heavy (non-hydrogen) atoms. The third-order valence-corrected chi connectivity index (χ3v) is 9.14. The Morgan fingerprint density at radius 3 is 2.10 bits per heavy atom. The molecule has 0 aliphatic rings. The molecule has 0 aliphatic carbocycles. The number of halogens is 3. The van der Waals surface area contributed by atoms with Crippen molar-refractivity contribution in [1.29, 1.82) is 0 Å². The van der Waals surface area contributed by atoms with E-state index in [1.165, 1.54) is 29.2 Å². The molecule has 0 heterocycles.